The van der Waals surface area contributed by atoms with Crippen LogP contribution in [0.25, 0.3) is 5.69 Å². The highest BCUT2D eigenvalue weighted by Gasteiger charge is 2.22. The average Bonchev–Trinajstić information content (AvgIpc) is 3.19. The van der Waals surface area contributed by atoms with Crippen LogP contribution < -0.4 is 10.1 Å². The number of hydrogen-bond donors (Lipinski definition) is 1. The number of aromatic nitrogens is 3. The van der Waals surface area contributed by atoms with Crippen LogP contribution in [0.5, 0.6) is 5.75 Å². The van der Waals surface area contributed by atoms with E-state index in [0.29, 0.717) is 18.2 Å². The Morgan fingerprint density at radius 1 is 1.06 bits per heavy atom. The normalized spacial score (nSPS) is 11.9. The minimum atomic E-state index is -0.490. The van der Waals surface area contributed by atoms with E-state index in [-0.39, 0.29) is 23.4 Å². The van der Waals surface area contributed by atoms with Gasteiger partial charge in [-0.2, -0.15) is 0 Å². The average molecular weight is 467 g/mol. The Morgan fingerprint density at radius 3 is 2.36 bits per heavy atom. The molecule has 1 unspecified atom stereocenters. The highest BCUT2D eigenvalue weighted by atomic mass is 32.2. The molecule has 0 bridgehead atoms. The molecule has 1 N–H and O–H groups in total. The summed E-state index contributed by atoms with van der Waals surface area (Å²) in [5.41, 5.74) is 2.01. The lowest BCUT2D eigenvalue weighted by molar-refractivity contribution is -0.126. The van der Waals surface area contributed by atoms with Gasteiger partial charge >= 0.3 is 0 Å². The Labute approximate surface area is 198 Å². The van der Waals surface area contributed by atoms with E-state index in [4.69, 9.17) is 4.74 Å². The summed E-state index contributed by atoms with van der Waals surface area (Å²) in [7, 11) is 0. The molecule has 1 heterocycles. The zero-order valence-corrected chi connectivity index (χ0v) is 20.3. The van der Waals surface area contributed by atoms with Crippen LogP contribution in [-0.4, -0.2) is 44.9 Å². The number of carbonyl (C=O) groups is 2. The van der Waals surface area contributed by atoms with Gasteiger partial charge in [0, 0.05) is 12.1 Å². The second-order valence-electron chi connectivity index (χ2n) is 8.01. The number of nitrogens with one attached hydrogen (secondary N) is 1. The first kappa shape index (κ1) is 24.5. The topological polar surface area (TPSA) is 86.1 Å². The van der Waals surface area contributed by atoms with Crippen LogP contribution in [0.15, 0.2) is 59.8 Å². The Bertz CT molecular complexity index is 1070. The fraction of sp³-hybridized carbons (Fsp3) is 0.360. The van der Waals surface area contributed by atoms with Gasteiger partial charge in [-0.1, -0.05) is 55.9 Å². The maximum atomic E-state index is 12.5. The lowest BCUT2D eigenvalue weighted by atomic mass is 10.0. The predicted molar refractivity (Wildman–Crippen MR) is 130 cm³/mol. The van der Waals surface area contributed by atoms with E-state index >= 15 is 0 Å². The molecule has 0 saturated carbocycles. The summed E-state index contributed by atoms with van der Waals surface area (Å²) in [4.78, 5) is 24.4. The third-order valence-electron chi connectivity index (χ3n) is 5.06. The van der Waals surface area contributed by atoms with Crippen molar-refractivity contribution in [1.29, 1.82) is 0 Å². The van der Waals surface area contributed by atoms with Crippen molar-refractivity contribution >= 4 is 23.5 Å². The van der Waals surface area contributed by atoms with Gasteiger partial charge in [0.05, 0.1) is 18.4 Å². The maximum Gasteiger partial charge on any atom is 0.231 e. The summed E-state index contributed by atoms with van der Waals surface area (Å²) in [6, 6.07) is 17.3. The molecule has 0 aliphatic heterocycles. The number of hydrogen-bond acceptors (Lipinski definition) is 6. The molecule has 3 rings (SSSR count). The predicted octanol–water partition coefficient (Wildman–Crippen LogP) is 4.08. The van der Waals surface area contributed by atoms with Gasteiger partial charge in [-0.15, -0.1) is 10.2 Å². The Balaban J connectivity index is 1.83. The van der Waals surface area contributed by atoms with Crippen LogP contribution in [0.3, 0.4) is 0 Å². The second kappa shape index (κ2) is 11.7. The molecule has 2 aromatic carbocycles. The Kier molecular flexibility index (Phi) is 8.65. The molecule has 0 aliphatic carbocycles. The smallest absolute Gasteiger partial charge is 0.231 e. The van der Waals surface area contributed by atoms with Crippen LogP contribution in [0.1, 0.15) is 39.1 Å². The van der Waals surface area contributed by atoms with Crippen LogP contribution in [-0.2, 0) is 16.0 Å². The first-order valence-corrected chi connectivity index (χ1v) is 12.0. The van der Waals surface area contributed by atoms with Crippen molar-refractivity contribution in [2.45, 2.75) is 45.3 Å². The zero-order valence-electron chi connectivity index (χ0n) is 19.4. The zero-order chi connectivity index (χ0) is 23.8. The van der Waals surface area contributed by atoms with Gasteiger partial charge in [0.25, 0.3) is 0 Å². The van der Waals surface area contributed by atoms with Crippen molar-refractivity contribution in [1.82, 2.24) is 20.1 Å². The standard InChI is InChI=1S/C25H30N4O3S/c1-5-32-21-13-11-20(12-14-21)29-22(15-19-9-7-6-8-10-19)27-28-25(29)33-16-23(31)26-24(17(2)3)18(4)30/h6-14,17,24H,5,15-16H2,1-4H3,(H,26,31). The van der Waals surface area contributed by atoms with E-state index < -0.39 is 6.04 Å². The third-order valence-corrected chi connectivity index (χ3v) is 5.99. The van der Waals surface area contributed by atoms with Crippen molar-refractivity contribution in [2.24, 2.45) is 5.92 Å². The quantitative estimate of drug-likeness (QED) is 0.429. The van der Waals surface area contributed by atoms with E-state index in [1.165, 1.54) is 18.7 Å². The Morgan fingerprint density at radius 2 is 1.76 bits per heavy atom. The van der Waals surface area contributed by atoms with Gasteiger partial charge < -0.3 is 10.1 Å². The molecule has 1 amide bonds. The van der Waals surface area contributed by atoms with E-state index in [9.17, 15) is 9.59 Å². The highest BCUT2D eigenvalue weighted by Crippen LogP contribution is 2.25. The minimum absolute atomic E-state index is 0.0291. The SMILES string of the molecule is CCOc1ccc(-n2c(Cc3ccccc3)nnc2SCC(=O)NC(C(C)=O)C(C)C)cc1. The fourth-order valence-corrected chi connectivity index (χ4v) is 4.27. The summed E-state index contributed by atoms with van der Waals surface area (Å²) in [5, 5.41) is 12.2. The molecule has 1 atom stereocenters. The number of nitrogens with zero attached hydrogens (tertiary/aromatic N) is 3. The molecule has 33 heavy (non-hydrogen) atoms. The molecule has 0 saturated heterocycles. The molecule has 7 nitrogen and oxygen atoms in total. The number of benzene rings is 2. The molecule has 0 fully saturated rings. The molecular weight excluding hydrogens is 436 g/mol. The lowest BCUT2D eigenvalue weighted by Crippen LogP contribution is -2.44. The number of rotatable bonds is 11. The summed E-state index contributed by atoms with van der Waals surface area (Å²) in [5.74, 6) is 1.47. The van der Waals surface area contributed by atoms with Crippen LogP contribution in [0, 0.1) is 5.92 Å². The van der Waals surface area contributed by atoms with Gasteiger partial charge in [0.1, 0.15) is 11.6 Å². The minimum Gasteiger partial charge on any atom is -0.494 e. The first-order chi connectivity index (χ1) is 15.9. The van der Waals surface area contributed by atoms with Crippen LogP contribution in [0.2, 0.25) is 0 Å². The largest absolute Gasteiger partial charge is 0.494 e. The number of carbonyl (C=O) groups excluding carboxylic acids is 2. The summed E-state index contributed by atoms with van der Waals surface area (Å²) in [6.07, 6.45) is 0.605. The maximum absolute atomic E-state index is 12.5. The Hall–Kier alpha value is -3.13. The summed E-state index contributed by atoms with van der Waals surface area (Å²) >= 11 is 1.30. The fourth-order valence-electron chi connectivity index (χ4n) is 3.49. The summed E-state index contributed by atoms with van der Waals surface area (Å²) in [6.45, 7) is 7.87. The highest BCUT2D eigenvalue weighted by molar-refractivity contribution is 7.99. The molecule has 1 aromatic heterocycles. The van der Waals surface area contributed by atoms with E-state index in [2.05, 4.69) is 15.5 Å². The van der Waals surface area contributed by atoms with E-state index in [1.54, 1.807) is 0 Å². The number of thioether (sulfide) groups is 1. The van der Waals surface area contributed by atoms with Crippen molar-refractivity contribution in [3.63, 3.8) is 0 Å². The molecule has 0 radical (unpaired) electrons. The molecule has 0 aliphatic rings. The van der Waals surface area contributed by atoms with Crippen LogP contribution >= 0.6 is 11.8 Å². The monoisotopic (exact) mass is 466 g/mol. The van der Waals surface area contributed by atoms with Crippen molar-refractivity contribution in [2.75, 3.05) is 12.4 Å². The van der Waals surface area contributed by atoms with Crippen molar-refractivity contribution in [3.05, 3.63) is 66.0 Å². The summed E-state index contributed by atoms with van der Waals surface area (Å²) < 4.78 is 7.53. The molecule has 0 spiro atoms. The van der Waals surface area contributed by atoms with Gasteiger partial charge in [-0.3, -0.25) is 14.2 Å². The number of amides is 1. The molecule has 174 valence electrons. The second-order valence-corrected chi connectivity index (χ2v) is 8.95. The number of Topliss-reactive ketones (excluding diaryl/α,β-unsaturated/α-hetero) is 1. The van der Waals surface area contributed by atoms with E-state index in [0.717, 1.165) is 22.8 Å². The molecular formula is C25H30N4O3S. The van der Waals surface area contributed by atoms with Gasteiger partial charge in [-0.25, -0.2) is 0 Å². The number of ketones is 1. The molecule has 8 heteroatoms. The number of ether oxygens (including phenoxy) is 1. The first-order valence-electron chi connectivity index (χ1n) is 11.0. The third kappa shape index (κ3) is 6.68. The van der Waals surface area contributed by atoms with Gasteiger partial charge in [0.15, 0.2) is 10.9 Å². The molecule has 3 aromatic rings. The lowest BCUT2D eigenvalue weighted by Gasteiger charge is -2.19. The van der Waals surface area contributed by atoms with Crippen LogP contribution in [0.4, 0.5) is 0 Å². The van der Waals surface area contributed by atoms with Crippen molar-refractivity contribution in [3.8, 4) is 11.4 Å². The van der Waals surface area contributed by atoms with Crippen molar-refractivity contribution < 1.29 is 14.3 Å². The van der Waals surface area contributed by atoms with Gasteiger partial charge in [-0.05, 0) is 49.6 Å². The van der Waals surface area contributed by atoms with E-state index in [1.807, 2.05) is 79.9 Å². The van der Waals surface area contributed by atoms with Gasteiger partial charge in [0.2, 0.25) is 5.91 Å².